The number of hydrogen-bond acceptors (Lipinski definition) is 4. The van der Waals surface area contributed by atoms with Crippen LogP contribution in [0.3, 0.4) is 0 Å². The minimum atomic E-state index is -3.51. The maximum Gasteiger partial charge on any atom is 0.300 e. The van der Waals surface area contributed by atoms with Gasteiger partial charge in [0.2, 0.25) is 0 Å². The van der Waals surface area contributed by atoms with Gasteiger partial charge in [-0.1, -0.05) is 6.92 Å². The second-order valence-corrected chi connectivity index (χ2v) is 4.48. The number of nitrogens with one attached hydrogen (secondary N) is 2. The largest absolute Gasteiger partial charge is 0.397 e. The fraction of sp³-hybridized carbons (Fsp3) is 0.375. The lowest BCUT2D eigenvalue weighted by molar-refractivity contribution is 0.586. The van der Waals surface area contributed by atoms with Crippen molar-refractivity contribution in [3.8, 4) is 0 Å². The van der Waals surface area contributed by atoms with Gasteiger partial charge in [-0.2, -0.15) is 13.1 Å². The molecule has 0 saturated carbocycles. The molecule has 0 radical (unpaired) electrons. The average Bonchev–Trinajstić information content (AvgIpc) is 2.18. The van der Waals surface area contributed by atoms with Gasteiger partial charge < -0.3 is 5.73 Å². The van der Waals surface area contributed by atoms with Crippen molar-refractivity contribution in [3.63, 3.8) is 0 Å². The van der Waals surface area contributed by atoms with Gasteiger partial charge in [0.1, 0.15) is 5.82 Å². The van der Waals surface area contributed by atoms with Crippen molar-refractivity contribution in [3.05, 3.63) is 18.3 Å². The fourth-order valence-corrected chi connectivity index (χ4v) is 1.82. The van der Waals surface area contributed by atoms with Gasteiger partial charge in [-0.25, -0.2) is 4.98 Å². The molecule has 0 unspecified atom stereocenters. The SMILES string of the molecule is CCCNS(=O)(=O)Nc1ccc(N)cn1. The van der Waals surface area contributed by atoms with Gasteiger partial charge in [-0.15, -0.1) is 0 Å². The topological polar surface area (TPSA) is 97.1 Å². The molecular formula is C8H14N4O2S. The zero-order chi connectivity index (χ0) is 11.3. The summed E-state index contributed by atoms with van der Waals surface area (Å²) in [5.41, 5.74) is 5.90. The van der Waals surface area contributed by atoms with E-state index < -0.39 is 10.2 Å². The number of anilines is 2. The van der Waals surface area contributed by atoms with E-state index in [1.54, 1.807) is 6.07 Å². The Bertz CT molecular complexity index is 401. The van der Waals surface area contributed by atoms with Crippen LogP contribution in [0, 0.1) is 0 Å². The number of rotatable bonds is 5. The summed E-state index contributed by atoms with van der Waals surface area (Å²) in [4.78, 5) is 3.82. The molecule has 1 aromatic heterocycles. The lowest BCUT2D eigenvalue weighted by Crippen LogP contribution is -2.30. The van der Waals surface area contributed by atoms with Gasteiger partial charge >= 0.3 is 0 Å². The van der Waals surface area contributed by atoms with Crippen LogP contribution in [0.25, 0.3) is 0 Å². The number of nitrogens with zero attached hydrogens (tertiary/aromatic N) is 1. The van der Waals surface area contributed by atoms with E-state index in [4.69, 9.17) is 5.73 Å². The molecule has 7 heteroatoms. The first-order valence-electron chi connectivity index (χ1n) is 4.52. The van der Waals surface area contributed by atoms with Crippen LogP contribution in [-0.2, 0) is 10.2 Å². The van der Waals surface area contributed by atoms with E-state index in [1.807, 2.05) is 6.92 Å². The first-order valence-corrected chi connectivity index (χ1v) is 6.01. The maximum atomic E-state index is 11.4. The average molecular weight is 230 g/mol. The van der Waals surface area contributed by atoms with Crippen molar-refractivity contribution in [2.75, 3.05) is 17.0 Å². The second-order valence-electron chi connectivity index (χ2n) is 2.98. The number of pyridine rings is 1. The standard InChI is InChI=1S/C8H14N4O2S/c1-2-5-11-15(13,14)12-8-4-3-7(9)6-10-8/h3-4,6,11H,2,5,9H2,1H3,(H,10,12). The van der Waals surface area contributed by atoms with Gasteiger partial charge in [0, 0.05) is 6.54 Å². The van der Waals surface area contributed by atoms with Crippen LogP contribution in [0.4, 0.5) is 11.5 Å². The second kappa shape index (κ2) is 4.94. The van der Waals surface area contributed by atoms with Crippen molar-refractivity contribution in [1.82, 2.24) is 9.71 Å². The predicted molar refractivity (Wildman–Crippen MR) is 59.5 cm³/mol. The van der Waals surface area contributed by atoms with Gasteiger partial charge in [0.15, 0.2) is 0 Å². The van der Waals surface area contributed by atoms with E-state index in [9.17, 15) is 8.42 Å². The van der Waals surface area contributed by atoms with Gasteiger partial charge in [-0.05, 0) is 18.6 Å². The molecule has 0 amide bonds. The molecule has 4 N–H and O–H groups in total. The van der Waals surface area contributed by atoms with Crippen LogP contribution in [0.15, 0.2) is 18.3 Å². The van der Waals surface area contributed by atoms with E-state index in [2.05, 4.69) is 14.4 Å². The van der Waals surface area contributed by atoms with Crippen LogP contribution < -0.4 is 15.2 Å². The molecule has 0 atom stereocenters. The summed E-state index contributed by atoms with van der Waals surface area (Å²) < 4.78 is 27.3. The third-order valence-electron chi connectivity index (χ3n) is 1.57. The summed E-state index contributed by atoms with van der Waals surface area (Å²) >= 11 is 0. The minimum absolute atomic E-state index is 0.243. The molecule has 0 aliphatic carbocycles. The van der Waals surface area contributed by atoms with Crippen molar-refractivity contribution >= 4 is 21.7 Å². The van der Waals surface area contributed by atoms with Crippen molar-refractivity contribution in [1.29, 1.82) is 0 Å². The zero-order valence-corrected chi connectivity index (χ0v) is 9.21. The van der Waals surface area contributed by atoms with Crippen molar-refractivity contribution in [2.45, 2.75) is 13.3 Å². The van der Waals surface area contributed by atoms with Crippen LogP contribution >= 0.6 is 0 Å². The molecule has 0 aliphatic heterocycles. The summed E-state index contributed by atoms with van der Waals surface area (Å²) in [6, 6.07) is 3.07. The summed E-state index contributed by atoms with van der Waals surface area (Å²) in [6.45, 7) is 2.27. The molecular weight excluding hydrogens is 216 g/mol. The first kappa shape index (κ1) is 11.7. The highest BCUT2D eigenvalue weighted by atomic mass is 32.2. The summed E-state index contributed by atoms with van der Waals surface area (Å²) in [5, 5.41) is 0. The Balaban J connectivity index is 2.65. The van der Waals surface area contributed by atoms with E-state index in [0.29, 0.717) is 12.2 Å². The third kappa shape index (κ3) is 4.13. The number of nitrogens with two attached hydrogens (primary N) is 1. The van der Waals surface area contributed by atoms with E-state index in [1.165, 1.54) is 12.3 Å². The molecule has 0 spiro atoms. The molecule has 0 aromatic carbocycles. The molecule has 1 rings (SSSR count). The molecule has 84 valence electrons. The van der Waals surface area contributed by atoms with E-state index >= 15 is 0 Å². The molecule has 0 fully saturated rings. The number of aromatic nitrogens is 1. The highest BCUT2D eigenvalue weighted by molar-refractivity contribution is 7.90. The Labute approximate surface area is 89.1 Å². The summed E-state index contributed by atoms with van der Waals surface area (Å²) in [6.07, 6.45) is 2.12. The lowest BCUT2D eigenvalue weighted by atomic mass is 10.4. The number of hydrogen-bond donors (Lipinski definition) is 3. The number of nitrogen functional groups attached to an aromatic ring is 1. The monoisotopic (exact) mass is 230 g/mol. The Morgan fingerprint density at radius 3 is 2.73 bits per heavy atom. The highest BCUT2D eigenvalue weighted by Crippen LogP contribution is 2.06. The third-order valence-corrected chi connectivity index (χ3v) is 2.63. The van der Waals surface area contributed by atoms with E-state index in [-0.39, 0.29) is 5.82 Å². The first-order chi connectivity index (χ1) is 7.03. The normalized spacial score (nSPS) is 11.3. The highest BCUT2D eigenvalue weighted by Gasteiger charge is 2.08. The maximum absolute atomic E-state index is 11.4. The molecule has 1 aromatic rings. The van der Waals surface area contributed by atoms with Gasteiger partial charge in [-0.3, -0.25) is 4.72 Å². The molecule has 15 heavy (non-hydrogen) atoms. The zero-order valence-electron chi connectivity index (χ0n) is 8.40. The lowest BCUT2D eigenvalue weighted by Gasteiger charge is -2.07. The Morgan fingerprint density at radius 1 is 1.47 bits per heavy atom. The molecule has 0 aliphatic rings. The van der Waals surface area contributed by atoms with Gasteiger partial charge in [0.25, 0.3) is 10.2 Å². The van der Waals surface area contributed by atoms with E-state index in [0.717, 1.165) is 6.42 Å². The predicted octanol–water partition coefficient (Wildman–Crippen LogP) is 0.320. The Hall–Kier alpha value is -1.34. The molecule has 6 nitrogen and oxygen atoms in total. The van der Waals surface area contributed by atoms with Crippen LogP contribution in [-0.4, -0.2) is 19.9 Å². The van der Waals surface area contributed by atoms with Crippen LogP contribution in [0.5, 0.6) is 0 Å². The fourth-order valence-electron chi connectivity index (χ4n) is 0.876. The van der Waals surface area contributed by atoms with Crippen molar-refractivity contribution in [2.24, 2.45) is 0 Å². The van der Waals surface area contributed by atoms with Crippen LogP contribution in [0.2, 0.25) is 0 Å². The smallest absolute Gasteiger partial charge is 0.300 e. The minimum Gasteiger partial charge on any atom is -0.397 e. The summed E-state index contributed by atoms with van der Waals surface area (Å²) in [7, 11) is -3.51. The summed E-state index contributed by atoms with van der Waals surface area (Å²) in [5.74, 6) is 0.243. The van der Waals surface area contributed by atoms with Crippen molar-refractivity contribution < 1.29 is 8.42 Å². The Kier molecular flexibility index (Phi) is 3.87. The van der Waals surface area contributed by atoms with Gasteiger partial charge in [0.05, 0.1) is 11.9 Å². The molecule has 0 saturated heterocycles. The molecule has 1 heterocycles. The quantitative estimate of drug-likeness (QED) is 0.678. The Morgan fingerprint density at radius 2 is 2.20 bits per heavy atom. The van der Waals surface area contributed by atoms with Crippen LogP contribution in [0.1, 0.15) is 13.3 Å². The molecule has 0 bridgehead atoms.